The number of rotatable bonds is 5. The van der Waals surface area contributed by atoms with Crippen molar-refractivity contribution < 1.29 is 24.0 Å². The Hall–Kier alpha value is -3.10. The highest BCUT2D eigenvalue weighted by Crippen LogP contribution is 2.24. The lowest BCUT2D eigenvalue weighted by Gasteiger charge is -2.22. The number of esters is 1. The number of nitro groups is 1. The van der Waals surface area contributed by atoms with Gasteiger partial charge < -0.3 is 19.8 Å². The number of alkyl carbamates (subject to hydrolysis) is 1. The summed E-state index contributed by atoms with van der Waals surface area (Å²) in [6, 6.07) is 3.44. The third kappa shape index (κ3) is 4.71. The van der Waals surface area contributed by atoms with Gasteiger partial charge in [-0.3, -0.25) is 10.1 Å². The van der Waals surface area contributed by atoms with Crippen molar-refractivity contribution in [3.8, 4) is 0 Å². The van der Waals surface area contributed by atoms with Crippen molar-refractivity contribution in [1.29, 1.82) is 0 Å². The van der Waals surface area contributed by atoms with Crippen molar-refractivity contribution in [3.63, 3.8) is 0 Å². The van der Waals surface area contributed by atoms with E-state index in [2.05, 4.69) is 10.3 Å². The minimum absolute atomic E-state index is 0.0395. The zero-order valence-corrected chi connectivity index (χ0v) is 15.0. The van der Waals surface area contributed by atoms with Crippen LogP contribution in [0.25, 0.3) is 10.9 Å². The van der Waals surface area contributed by atoms with Crippen LogP contribution in [0.4, 0.5) is 10.5 Å². The second-order valence-electron chi connectivity index (χ2n) is 6.73. The predicted molar refractivity (Wildman–Crippen MR) is 93.8 cm³/mol. The smallest absolute Gasteiger partial charge is 0.408 e. The number of hydrogen-bond acceptors (Lipinski definition) is 6. The van der Waals surface area contributed by atoms with Crippen LogP contribution in [0.2, 0.25) is 0 Å². The Labute approximate surface area is 149 Å². The molecule has 9 nitrogen and oxygen atoms in total. The first-order valence-corrected chi connectivity index (χ1v) is 7.92. The zero-order valence-electron chi connectivity index (χ0n) is 15.0. The molecule has 0 aliphatic rings. The van der Waals surface area contributed by atoms with Crippen LogP contribution in [0.1, 0.15) is 26.3 Å². The fourth-order valence-corrected chi connectivity index (χ4v) is 2.46. The summed E-state index contributed by atoms with van der Waals surface area (Å²) in [5.41, 5.74) is 0.531. The van der Waals surface area contributed by atoms with Gasteiger partial charge >= 0.3 is 12.1 Å². The predicted octanol–water partition coefficient (Wildman–Crippen LogP) is 2.68. The third-order valence-electron chi connectivity index (χ3n) is 3.56. The fourth-order valence-electron chi connectivity index (χ4n) is 2.46. The Morgan fingerprint density at radius 1 is 1.35 bits per heavy atom. The summed E-state index contributed by atoms with van der Waals surface area (Å²) in [7, 11) is 1.23. The molecule has 2 rings (SSSR count). The number of amides is 1. The maximum atomic E-state index is 12.0. The van der Waals surface area contributed by atoms with Crippen molar-refractivity contribution in [1.82, 2.24) is 10.3 Å². The molecule has 2 aromatic rings. The largest absolute Gasteiger partial charge is 0.467 e. The summed E-state index contributed by atoms with van der Waals surface area (Å²) in [6.07, 6.45) is 1.05. The van der Waals surface area contributed by atoms with Crippen LogP contribution in [-0.4, -0.2) is 40.7 Å². The van der Waals surface area contributed by atoms with E-state index in [1.165, 1.54) is 19.2 Å². The molecule has 9 heteroatoms. The third-order valence-corrected chi connectivity index (χ3v) is 3.56. The van der Waals surface area contributed by atoms with Crippen LogP contribution in [0.3, 0.4) is 0 Å². The fraction of sp³-hybridized carbons (Fsp3) is 0.412. The van der Waals surface area contributed by atoms with E-state index in [0.717, 1.165) is 5.39 Å². The molecule has 0 saturated heterocycles. The molecule has 1 aromatic carbocycles. The van der Waals surface area contributed by atoms with Crippen molar-refractivity contribution in [2.75, 3.05) is 7.11 Å². The van der Waals surface area contributed by atoms with Crippen molar-refractivity contribution in [2.24, 2.45) is 0 Å². The SMILES string of the molecule is COC(=O)[C@H](Cc1c[nH]c2cc([N+](=O)[O-])ccc12)NC(=O)OC(C)(C)C. The lowest BCUT2D eigenvalue weighted by Crippen LogP contribution is -2.45. The number of aromatic amines is 1. The maximum absolute atomic E-state index is 12.0. The van der Waals surface area contributed by atoms with E-state index in [9.17, 15) is 19.7 Å². The van der Waals surface area contributed by atoms with Crippen LogP contribution in [0, 0.1) is 10.1 Å². The highest BCUT2D eigenvalue weighted by molar-refractivity contribution is 5.87. The van der Waals surface area contributed by atoms with Gasteiger partial charge in [-0.05, 0) is 32.4 Å². The van der Waals surface area contributed by atoms with Gasteiger partial charge in [-0.15, -0.1) is 0 Å². The van der Waals surface area contributed by atoms with Gasteiger partial charge in [0.15, 0.2) is 0 Å². The number of nitro benzene ring substituents is 1. The number of nitrogens with zero attached hydrogens (tertiary/aromatic N) is 1. The number of nitrogens with one attached hydrogen (secondary N) is 2. The van der Waals surface area contributed by atoms with Gasteiger partial charge in [0.05, 0.1) is 17.5 Å². The average Bonchev–Trinajstić information content (AvgIpc) is 2.93. The van der Waals surface area contributed by atoms with E-state index in [4.69, 9.17) is 9.47 Å². The van der Waals surface area contributed by atoms with Gasteiger partial charge in [-0.1, -0.05) is 0 Å². The molecule has 0 saturated carbocycles. The number of ether oxygens (including phenoxy) is 2. The molecule has 0 unspecified atom stereocenters. The minimum atomic E-state index is -0.955. The zero-order chi connectivity index (χ0) is 19.5. The summed E-state index contributed by atoms with van der Waals surface area (Å²) in [6.45, 7) is 5.14. The molecule has 1 heterocycles. The van der Waals surface area contributed by atoms with Crippen LogP contribution in [0.5, 0.6) is 0 Å². The lowest BCUT2D eigenvalue weighted by molar-refractivity contribution is -0.384. The summed E-state index contributed by atoms with van der Waals surface area (Å²) < 4.78 is 9.92. The molecule has 0 bridgehead atoms. The van der Waals surface area contributed by atoms with Crippen LogP contribution < -0.4 is 5.32 Å². The van der Waals surface area contributed by atoms with E-state index >= 15 is 0 Å². The molecule has 0 aliphatic heterocycles. The molecular formula is C17H21N3O6. The quantitative estimate of drug-likeness (QED) is 0.478. The number of aromatic nitrogens is 1. The summed E-state index contributed by atoms with van der Waals surface area (Å²) >= 11 is 0. The number of H-pyrrole nitrogens is 1. The molecule has 26 heavy (non-hydrogen) atoms. The summed E-state index contributed by atoms with van der Waals surface area (Å²) in [5, 5.41) is 14.1. The number of carbonyl (C=O) groups is 2. The maximum Gasteiger partial charge on any atom is 0.408 e. The molecular weight excluding hydrogens is 342 g/mol. The molecule has 140 valence electrons. The van der Waals surface area contributed by atoms with E-state index in [1.54, 1.807) is 33.0 Å². The van der Waals surface area contributed by atoms with Crippen LogP contribution in [0.15, 0.2) is 24.4 Å². The molecule has 0 spiro atoms. The molecule has 1 amide bonds. The Morgan fingerprint density at radius 3 is 2.62 bits per heavy atom. The van der Waals surface area contributed by atoms with E-state index in [-0.39, 0.29) is 12.1 Å². The molecule has 1 atom stereocenters. The monoisotopic (exact) mass is 363 g/mol. The van der Waals surface area contributed by atoms with Gasteiger partial charge in [0.2, 0.25) is 0 Å². The van der Waals surface area contributed by atoms with Gasteiger partial charge in [0, 0.05) is 30.1 Å². The number of fused-ring (bicyclic) bond motifs is 1. The first-order valence-electron chi connectivity index (χ1n) is 7.92. The Bertz CT molecular complexity index is 837. The topological polar surface area (TPSA) is 124 Å². The van der Waals surface area contributed by atoms with Gasteiger partial charge in [0.1, 0.15) is 11.6 Å². The average molecular weight is 363 g/mol. The van der Waals surface area contributed by atoms with Crippen LogP contribution in [-0.2, 0) is 20.7 Å². The van der Waals surface area contributed by atoms with Gasteiger partial charge in [-0.25, -0.2) is 9.59 Å². The molecule has 1 aromatic heterocycles. The highest BCUT2D eigenvalue weighted by atomic mass is 16.6. The van der Waals surface area contributed by atoms with Crippen LogP contribution >= 0.6 is 0 Å². The number of hydrogen-bond donors (Lipinski definition) is 2. The van der Waals surface area contributed by atoms with E-state index in [0.29, 0.717) is 11.1 Å². The molecule has 0 radical (unpaired) electrons. The van der Waals surface area contributed by atoms with Crippen molar-refractivity contribution in [2.45, 2.75) is 38.8 Å². The minimum Gasteiger partial charge on any atom is -0.467 e. The Kier molecular flexibility index (Phi) is 5.49. The number of methoxy groups -OCH3 is 1. The molecule has 0 fully saturated rings. The highest BCUT2D eigenvalue weighted by Gasteiger charge is 2.26. The lowest BCUT2D eigenvalue weighted by atomic mass is 10.0. The molecule has 0 aliphatic carbocycles. The number of non-ortho nitro benzene ring substituents is 1. The summed E-state index contributed by atoms with van der Waals surface area (Å²) in [5.74, 6) is -0.618. The Balaban J connectivity index is 2.23. The second kappa shape index (κ2) is 7.42. The standard InChI is InChI=1S/C17H21N3O6/c1-17(2,3)26-16(22)19-14(15(21)25-4)7-10-9-18-13-8-11(20(23)24)5-6-12(10)13/h5-6,8-9,14,18H,7H2,1-4H3,(H,19,22)/t14-/m0/s1. The first-order chi connectivity index (χ1) is 12.1. The number of benzene rings is 1. The van der Waals surface area contributed by atoms with Gasteiger partial charge in [0.25, 0.3) is 5.69 Å². The number of carbonyl (C=O) groups excluding carboxylic acids is 2. The van der Waals surface area contributed by atoms with E-state index in [1.807, 2.05) is 0 Å². The van der Waals surface area contributed by atoms with E-state index < -0.39 is 28.6 Å². The first kappa shape index (κ1) is 19.2. The van der Waals surface area contributed by atoms with Crippen molar-refractivity contribution in [3.05, 3.63) is 40.1 Å². The molecule has 2 N–H and O–H groups in total. The second-order valence-corrected chi connectivity index (χ2v) is 6.73. The van der Waals surface area contributed by atoms with Gasteiger partial charge in [-0.2, -0.15) is 0 Å². The normalized spacial score (nSPS) is 12.5. The Morgan fingerprint density at radius 2 is 2.04 bits per heavy atom. The summed E-state index contributed by atoms with van der Waals surface area (Å²) in [4.78, 5) is 37.3. The van der Waals surface area contributed by atoms with Crippen molar-refractivity contribution >= 4 is 28.7 Å².